The minimum Gasteiger partial charge on any atom is -0.493 e. The van der Waals surface area contributed by atoms with Crippen molar-refractivity contribution in [2.24, 2.45) is 0 Å². The summed E-state index contributed by atoms with van der Waals surface area (Å²) >= 11 is 6.08. The lowest BCUT2D eigenvalue weighted by molar-refractivity contribution is 0.0653. The maximum absolute atomic E-state index is 10.3. The number of ether oxygens (including phenoxy) is 2. The molecular formula is C20H25ClN2O3. The average Bonchev–Trinajstić information content (AvgIpc) is 2.67. The standard InChI is InChI=1S/C20H25ClN2O3/c1-25-19-7-2-3-8-20(19)26-15-18(24)14-22-9-11-23(12-10-22)17-6-4-5-16(21)13-17/h2-8,13,18,24H,9-12,14-15H2,1H3. The summed E-state index contributed by atoms with van der Waals surface area (Å²) < 4.78 is 11.0. The highest BCUT2D eigenvalue weighted by Crippen LogP contribution is 2.26. The van der Waals surface area contributed by atoms with Crippen molar-refractivity contribution in [3.63, 3.8) is 0 Å². The molecule has 1 atom stereocenters. The van der Waals surface area contributed by atoms with E-state index in [1.54, 1.807) is 7.11 Å². The Hall–Kier alpha value is -1.95. The fourth-order valence-electron chi connectivity index (χ4n) is 3.14. The second-order valence-electron chi connectivity index (χ2n) is 6.38. The predicted octanol–water partition coefficient (Wildman–Crippen LogP) is 2.91. The summed E-state index contributed by atoms with van der Waals surface area (Å²) in [6.45, 7) is 4.48. The number of rotatable bonds is 7. The lowest BCUT2D eigenvalue weighted by Crippen LogP contribution is -2.49. The number of β-amino-alcohol motifs (C(OH)–C–C–N with tert-alkyl or cyclic N) is 1. The molecule has 1 N–H and O–H groups in total. The highest BCUT2D eigenvalue weighted by molar-refractivity contribution is 6.30. The van der Waals surface area contributed by atoms with Crippen molar-refractivity contribution in [3.8, 4) is 11.5 Å². The third kappa shape index (κ3) is 5.04. The van der Waals surface area contributed by atoms with Crippen LogP contribution in [0.5, 0.6) is 11.5 Å². The van der Waals surface area contributed by atoms with E-state index in [0.29, 0.717) is 18.0 Å². The number of aliphatic hydroxyl groups is 1. The third-order valence-corrected chi connectivity index (χ3v) is 4.75. The molecule has 0 saturated carbocycles. The van der Waals surface area contributed by atoms with Gasteiger partial charge in [0.25, 0.3) is 0 Å². The molecule has 140 valence electrons. The van der Waals surface area contributed by atoms with Gasteiger partial charge in [-0.2, -0.15) is 0 Å². The molecule has 2 aromatic carbocycles. The summed E-state index contributed by atoms with van der Waals surface area (Å²) in [5.74, 6) is 1.33. The van der Waals surface area contributed by atoms with E-state index in [-0.39, 0.29) is 6.61 Å². The Bertz CT molecular complexity index is 705. The van der Waals surface area contributed by atoms with Crippen LogP contribution in [0.3, 0.4) is 0 Å². The molecule has 26 heavy (non-hydrogen) atoms. The monoisotopic (exact) mass is 376 g/mol. The lowest BCUT2D eigenvalue weighted by atomic mass is 10.2. The Kier molecular flexibility index (Phi) is 6.61. The zero-order valence-electron chi connectivity index (χ0n) is 15.0. The molecule has 6 heteroatoms. The quantitative estimate of drug-likeness (QED) is 0.805. The number of hydrogen-bond acceptors (Lipinski definition) is 5. The number of piperazine rings is 1. The van der Waals surface area contributed by atoms with Crippen LogP contribution in [0.1, 0.15) is 0 Å². The molecule has 0 radical (unpaired) electrons. The van der Waals surface area contributed by atoms with E-state index in [2.05, 4.69) is 15.9 Å². The molecule has 1 unspecified atom stereocenters. The molecule has 1 aliphatic heterocycles. The summed E-state index contributed by atoms with van der Waals surface area (Å²) in [4.78, 5) is 4.58. The second-order valence-corrected chi connectivity index (χ2v) is 6.82. The van der Waals surface area contributed by atoms with Gasteiger partial charge in [-0.3, -0.25) is 4.90 Å². The van der Waals surface area contributed by atoms with Crippen LogP contribution >= 0.6 is 11.6 Å². The molecule has 0 aliphatic carbocycles. The molecule has 0 amide bonds. The first-order valence-corrected chi connectivity index (χ1v) is 9.20. The molecule has 0 aromatic heterocycles. The van der Waals surface area contributed by atoms with Gasteiger partial charge in [-0.1, -0.05) is 29.8 Å². The summed E-state index contributed by atoms with van der Waals surface area (Å²) in [5, 5.41) is 11.1. The van der Waals surface area contributed by atoms with Gasteiger partial charge in [-0.25, -0.2) is 0 Å². The molecule has 0 spiro atoms. The van der Waals surface area contributed by atoms with Crippen molar-refractivity contribution in [1.29, 1.82) is 0 Å². The molecule has 2 aromatic rings. The van der Waals surface area contributed by atoms with Crippen molar-refractivity contribution >= 4 is 17.3 Å². The molecule has 3 rings (SSSR count). The van der Waals surface area contributed by atoms with Crippen LogP contribution < -0.4 is 14.4 Å². The minimum atomic E-state index is -0.544. The first kappa shape index (κ1) is 18.8. The minimum absolute atomic E-state index is 0.245. The predicted molar refractivity (Wildman–Crippen MR) is 105 cm³/mol. The van der Waals surface area contributed by atoms with E-state index >= 15 is 0 Å². The van der Waals surface area contributed by atoms with Gasteiger partial charge in [-0.15, -0.1) is 0 Å². The number of nitrogens with zero attached hydrogens (tertiary/aromatic N) is 2. The molecule has 0 bridgehead atoms. The maximum Gasteiger partial charge on any atom is 0.161 e. The van der Waals surface area contributed by atoms with Gasteiger partial charge in [-0.05, 0) is 30.3 Å². The van der Waals surface area contributed by atoms with E-state index in [1.807, 2.05) is 42.5 Å². The van der Waals surface area contributed by atoms with E-state index in [9.17, 15) is 5.11 Å². The summed E-state index contributed by atoms with van der Waals surface area (Å²) in [7, 11) is 1.61. The number of aliphatic hydroxyl groups excluding tert-OH is 1. The molecule has 5 nitrogen and oxygen atoms in total. The van der Waals surface area contributed by atoms with E-state index in [0.717, 1.165) is 36.9 Å². The van der Waals surface area contributed by atoms with Crippen LogP contribution in [0.15, 0.2) is 48.5 Å². The Morgan fingerprint density at radius 1 is 1.04 bits per heavy atom. The van der Waals surface area contributed by atoms with Crippen molar-refractivity contribution in [2.75, 3.05) is 51.3 Å². The van der Waals surface area contributed by atoms with Gasteiger partial charge < -0.3 is 19.5 Å². The summed E-state index contributed by atoms with van der Waals surface area (Å²) in [5.41, 5.74) is 1.15. The maximum atomic E-state index is 10.3. The number of methoxy groups -OCH3 is 1. The van der Waals surface area contributed by atoms with Crippen LogP contribution in [0, 0.1) is 0 Å². The first-order chi connectivity index (χ1) is 12.7. The van der Waals surface area contributed by atoms with Crippen LogP contribution in [0.4, 0.5) is 5.69 Å². The molecular weight excluding hydrogens is 352 g/mol. The van der Waals surface area contributed by atoms with Gasteiger partial charge in [0, 0.05) is 43.4 Å². The number of benzene rings is 2. The number of halogens is 1. The van der Waals surface area contributed by atoms with Gasteiger partial charge >= 0.3 is 0 Å². The normalized spacial score (nSPS) is 16.3. The largest absolute Gasteiger partial charge is 0.493 e. The lowest BCUT2D eigenvalue weighted by Gasteiger charge is -2.36. The zero-order valence-corrected chi connectivity index (χ0v) is 15.7. The Balaban J connectivity index is 1.44. The van der Waals surface area contributed by atoms with Crippen molar-refractivity contribution in [1.82, 2.24) is 4.90 Å². The number of hydrogen-bond donors (Lipinski definition) is 1. The third-order valence-electron chi connectivity index (χ3n) is 4.51. The summed E-state index contributed by atoms with van der Waals surface area (Å²) in [6, 6.07) is 15.4. The topological polar surface area (TPSA) is 45.2 Å². The van der Waals surface area contributed by atoms with E-state index in [4.69, 9.17) is 21.1 Å². The number of anilines is 1. The van der Waals surface area contributed by atoms with Crippen LogP contribution in [-0.4, -0.2) is 62.6 Å². The molecule has 1 fully saturated rings. The van der Waals surface area contributed by atoms with Crippen LogP contribution in [-0.2, 0) is 0 Å². The van der Waals surface area contributed by atoms with Gasteiger partial charge in [0.1, 0.15) is 12.7 Å². The van der Waals surface area contributed by atoms with Crippen LogP contribution in [0.25, 0.3) is 0 Å². The van der Waals surface area contributed by atoms with E-state index in [1.165, 1.54) is 0 Å². The highest BCUT2D eigenvalue weighted by Gasteiger charge is 2.20. The molecule has 1 heterocycles. The van der Waals surface area contributed by atoms with Crippen LogP contribution in [0.2, 0.25) is 5.02 Å². The fourth-order valence-corrected chi connectivity index (χ4v) is 3.32. The van der Waals surface area contributed by atoms with Gasteiger partial charge in [0.15, 0.2) is 11.5 Å². The van der Waals surface area contributed by atoms with Gasteiger partial charge in [0.05, 0.1) is 7.11 Å². The average molecular weight is 377 g/mol. The SMILES string of the molecule is COc1ccccc1OCC(O)CN1CCN(c2cccc(Cl)c2)CC1. The van der Waals surface area contributed by atoms with Crippen molar-refractivity contribution < 1.29 is 14.6 Å². The summed E-state index contributed by atoms with van der Waals surface area (Å²) in [6.07, 6.45) is -0.544. The fraction of sp³-hybridized carbons (Fsp3) is 0.400. The smallest absolute Gasteiger partial charge is 0.161 e. The Labute approximate surface area is 159 Å². The molecule has 1 aliphatic rings. The highest BCUT2D eigenvalue weighted by atomic mass is 35.5. The molecule has 1 saturated heterocycles. The second kappa shape index (κ2) is 9.12. The zero-order chi connectivity index (χ0) is 18.4. The van der Waals surface area contributed by atoms with E-state index < -0.39 is 6.10 Å². The van der Waals surface area contributed by atoms with Gasteiger partial charge in [0.2, 0.25) is 0 Å². The first-order valence-electron chi connectivity index (χ1n) is 8.82. The Morgan fingerprint density at radius 2 is 1.77 bits per heavy atom. The number of para-hydroxylation sites is 2. The Morgan fingerprint density at radius 3 is 2.46 bits per heavy atom. The van der Waals surface area contributed by atoms with Crippen molar-refractivity contribution in [2.45, 2.75) is 6.10 Å². The van der Waals surface area contributed by atoms with Crippen molar-refractivity contribution in [3.05, 3.63) is 53.6 Å².